The van der Waals surface area contributed by atoms with Gasteiger partial charge < -0.3 is 14.7 Å². The van der Waals surface area contributed by atoms with Crippen molar-refractivity contribution >= 4 is 23.8 Å². The number of aliphatic carboxylic acids is 1. The van der Waals surface area contributed by atoms with Gasteiger partial charge in [-0.15, -0.1) is 0 Å². The van der Waals surface area contributed by atoms with Crippen LogP contribution in [0.25, 0.3) is 0 Å². The van der Waals surface area contributed by atoms with Crippen LogP contribution in [0.15, 0.2) is 0 Å². The molecule has 0 radical (unpaired) electrons. The zero-order valence-electron chi connectivity index (χ0n) is 12.9. The lowest BCUT2D eigenvalue weighted by atomic mass is 9.99. The Morgan fingerprint density at radius 1 is 1.40 bits per heavy atom. The van der Waals surface area contributed by atoms with E-state index in [0.29, 0.717) is 6.54 Å². The molecule has 0 aromatic carbocycles. The minimum Gasteiger partial charge on any atom is -0.481 e. The van der Waals surface area contributed by atoms with Gasteiger partial charge in [-0.05, 0) is 39.9 Å². The molecule has 1 aliphatic heterocycles. The van der Waals surface area contributed by atoms with Crippen molar-refractivity contribution in [2.24, 2.45) is 5.92 Å². The molecule has 2 unspecified atom stereocenters. The van der Waals surface area contributed by atoms with E-state index in [1.807, 2.05) is 27.0 Å². The molecule has 3 atom stereocenters. The van der Waals surface area contributed by atoms with Crippen molar-refractivity contribution in [3.8, 4) is 0 Å². The highest BCUT2D eigenvalue weighted by Crippen LogP contribution is 2.32. The third-order valence-electron chi connectivity index (χ3n) is 3.46. The van der Waals surface area contributed by atoms with Crippen LogP contribution >= 0.6 is 11.8 Å². The van der Waals surface area contributed by atoms with Gasteiger partial charge in [-0.3, -0.25) is 4.79 Å². The third-order valence-corrected chi connectivity index (χ3v) is 4.73. The van der Waals surface area contributed by atoms with Crippen molar-refractivity contribution in [3.63, 3.8) is 0 Å². The number of hydrogen-bond acceptors (Lipinski definition) is 4. The van der Waals surface area contributed by atoms with E-state index in [0.717, 1.165) is 12.8 Å². The summed E-state index contributed by atoms with van der Waals surface area (Å²) in [7, 11) is 0. The molecule has 0 aromatic heterocycles. The van der Waals surface area contributed by atoms with Gasteiger partial charge in [0.1, 0.15) is 5.60 Å². The molecule has 0 saturated carbocycles. The molecule has 0 aromatic rings. The number of nitrogens with zero attached hydrogens (tertiary/aromatic N) is 1. The molecule has 1 saturated heterocycles. The summed E-state index contributed by atoms with van der Waals surface area (Å²) >= 11 is 1.51. The predicted octanol–water partition coefficient (Wildman–Crippen LogP) is 2.84. The molecular formula is C14H25NO4S. The maximum Gasteiger partial charge on any atom is 0.410 e. The molecule has 0 aliphatic carbocycles. The van der Waals surface area contributed by atoms with Crippen molar-refractivity contribution in [3.05, 3.63) is 0 Å². The monoisotopic (exact) mass is 303 g/mol. The highest BCUT2D eigenvalue weighted by Gasteiger charge is 2.40. The Morgan fingerprint density at radius 3 is 2.45 bits per heavy atom. The standard InChI is InChI=1S/C14H25NO4S/c1-9(12(16)17)11(20-5)10-7-6-8-15(10)13(18)19-14(2,3)4/h9-11H,6-8H2,1-5H3,(H,16,17)/t9?,10-,11?/m0/s1. The Labute approximate surface area is 125 Å². The molecular weight excluding hydrogens is 278 g/mol. The first-order valence-electron chi connectivity index (χ1n) is 6.92. The van der Waals surface area contributed by atoms with Crippen molar-refractivity contribution < 1.29 is 19.4 Å². The quantitative estimate of drug-likeness (QED) is 0.865. The molecule has 1 fully saturated rings. The molecule has 1 aliphatic rings. The molecule has 6 heteroatoms. The SMILES string of the molecule is CSC(C(C)C(=O)O)[C@@H]1CCCN1C(=O)OC(C)(C)C. The lowest BCUT2D eigenvalue weighted by molar-refractivity contribution is -0.141. The van der Waals surface area contributed by atoms with Gasteiger partial charge in [0.25, 0.3) is 0 Å². The second-order valence-corrected chi connectivity index (χ2v) is 7.23. The summed E-state index contributed by atoms with van der Waals surface area (Å²) in [6.45, 7) is 7.85. The summed E-state index contributed by atoms with van der Waals surface area (Å²) in [5, 5.41) is 9.10. The topological polar surface area (TPSA) is 66.8 Å². The summed E-state index contributed by atoms with van der Waals surface area (Å²) in [5.41, 5.74) is -0.530. The number of carbonyl (C=O) groups is 2. The van der Waals surface area contributed by atoms with Crippen LogP contribution in [0.2, 0.25) is 0 Å². The van der Waals surface area contributed by atoms with Gasteiger partial charge in [-0.1, -0.05) is 6.92 Å². The first kappa shape index (κ1) is 17.1. The van der Waals surface area contributed by atoms with Crippen molar-refractivity contribution in [2.45, 2.75) is 57.4 Å². The van der Waals surface area contributed by atoms with Crippen LogP contribution in [0, 0.1) is 5.92 Å². The van der Waals surface area contributed by atoms with Crippen molar-refractivity contribution in [1.29, 1.82) is 0 Å². The summed E-state index contributed by atoms with van der Waals surface area (Å²) < 4.78 is 5.42. The fourth-order valence-corrected chi connectivity index (χ4v) is 3.64. The van der Waals surface area contributed by atoms with Crippen LogP contribution in [0.4, 0.5) is 4.79 Å². The number of hydrogen-bond donors (Lipinski definition) is 1. The molecule has 20 heavy (non-hydrogen) atoms. The third kappa shape index (κ3) is 4.30. The Balaban J connectivity index is 2.82. The minimum absolute atomic E-state index is 0.0639. The van der Waals surface area contributed by atoms with E-state index >= 15 is 0 Å². The van der Waals surface area contributed by atoms with Gasteiger partial charge in [-0.2, -0.15) is 11.8 Å². The summed E-state index contributed by atoms with van der Waals surface area (Å²) in [6.07, 6.45) is 3.29. The fraction of sp³-hybridized carbons (Fsp3) is 0.857. The number of thioether (sulfide) groups is 1. The molecule has 5 nitrogen and oxygen atoms in total. The second kappa shape index (κ2) is 6.70. The Morgan fingerprint density at radius 2 is 2.00 bits per heavy atom. The molecule has 116 valence electrons. The van der Waals surface area contributed by atoms with Crippen LogP contribution in [0.3, 0.4) is 0 Å². The van der Waals surface area contributed by atoms with Crippen LogP contribution < -0.4 is 0 Å². The maximum atomic E-state index is 12.2. The van der Waals surface area contributed by atoms with Crippen LogP contribution in [-0.4, -0.2) is 51.8 Å². The van der Waals surface area contributed by atoms with E-state index in [1.165, 1.54) is 11.8 Å². The Hall–Kier alpha value is -0.910. The lowest BCUT2D eigenvalue weighted by Gasteiger charge is -2.34. The number of carboxylic acid groups (broad SMARTS) is 1. The van der Waals surface area contributed by atoms with Crippen LogP contribution in [0.5, 0.6) is 0 Å². The van der Waals surface area contributed by atoms with E-state index in [-0.39, 0.29) is 17.4 Å². The van der Waals surface area contributed by atoms with E-state index in [1.54, 1.807) is 11.8 Å². The van der Waals surface area contributed by atoms with Gasteiger partial charge in [0.05, 0.1) is 5.92 Å². The zero-order valence-corrected chi connectivity index (χ0v) is 13.7. The molecule has 0 spiro atoms. The average molecular weight is 303 g/mol. The number of likely N-dealkylation sites (tertiary alicyclic amines) is 1. The number of carboxylic acids is 1. The molecule has 1 heterocycles. The number of rotatable bonds is 4. The first-order valence-corrected chi connectivity index (χ1v) is 8.21. The number of carbonyl (C=O) groups excluding carboxylic acids is 1. The van der Waals surface area contributed by atoms with E-state index < -0.39 is 17.5 Å². The second-order valence-electron chi connectivity index (χ2n) is 6.21. The van der Waals surface area contributed by atoms with Gasteiger partial charge in [0.2, 0.25) is 0 Å². The van der Waals surface area contributed by atoms with E-state index in [4.69, 9.17) is 4.74 Å². The van der Waals surface area contributed by atoms with Crippen molar-refractivity contribution in [1.82, 2.24) is 4.90 Å². The molecule has 1 N–H and O–H groups in total. The Kier molecular flexibility index (Phi) is 5.74. The zero-order chi connectivity index (χ0) is 15.5. The van der Waals surface area contributed by atoms with Gasteiger partial charge in [-0.25, -0.2) is 4.79 Å². The predicted molar refractivity (Wildman–Crippen MR) is 80.1 cm³/mol. The summed E-state index contributed by atoms with van der Waals surface area (Å²) in [6, 6.07) is -0.0639. The van der Waals surface area contributed by atoms with Gasteiger partial charge >= 0.3 is 12.1 Å². The number of ether oxygens (including phenoxy) is 1. The smallest absolute Gasteiger partial charge is 0.410 e. The largest absolute Gasteiger partial charge is 0.481 e. The summed E-state index contributed by atoms with van der Waals surface area (Å²) in [5.74, 6) is -1.31. The number of amides is 1. The summed E-state index contributed by atoms with van der Waals surface area (Å²) in [4.78, 5) is 25.1. The van der Waals surface area contributed by atoms with Gasteiger partial charge in [0.15, 0.2) is 0 Å². The Bertz CT molecular complexity index is 367. The van der Waals surface area contributed by atoms with Crippen molar-refractivity contribution in [2.75, 3.05) is 12.8 Å². The normalized spacial score (nSPS) is 22.4. The molecule has 1 amide bonds. The fourth-order valence-electron chi connectivity index (χ4n) is 2.52. The first-order chi connectivity index (χ1) is 9.17. The highest BCUT2D eigenvalue weighted by atomic mass is 32.2. The van der Waals surface area contributed by atoms with Crippen LogP contribution in [-0.2, 0) is 9.53 Å². The molecule has 1 rings (SSSR count). The van der Waals surface area contributed by atoms with Gasteiger partial charge in [0, 0.05) is 17.8 Å². The highest BCUT2D eigenvalue weighted by molar-refractivity contribution is 7.99. The maximum absolute atomic E-state index is 12.2. The van der Waals surface area contributed by atoms with E-state index in [9.17, 15) is 14.7 Å². The van der Waals surface area contributed by atoms with Crippen LogP contribution in [0.1, 0.15) is 40.5 Å². The molecule has 0 bridgehead atoms. The average Bonchev–Trinajstić information content (AvgIpc) is 2.76. The lowest BCUT2D eigenvalue weighted by Crippen LogP contribution is -2.47. The minimum atomic E-state index is -0.819. The van der Waals surface area contributed by atoms with E-state index in [2.05, 4.69) is 0 Å².